The Morgan fingerprint density at radius 1 is 1.09 bits per heavy atom. The smallest absolute Gasteiger partial charge is 0.229 e. The van der Waals surface area contributed by atoms with Gasteiger partial charge in [0.1, 0.15) is 5.82 Å². The summed E-state index contributed by atoms with van der Waals surface area (Å²) >= 11 is 0. The molecule has 0 atom stereocenters. The molecule has 0 aromatic carbocycles. The molecule has 0 radical (unpaired) electrons. The van der Waals surface area contributed by atoms with Crippen molar-refractivity contribution in [2.45, 2.75) is 39.0 Å². The third-order valence-corrected chi connectivity index (χ3v) is 7.42. The molecule has 2 saturated heterocycles. The Balaban J connectivity index is 1.27. The fourth-order valence-corrected chi connectivity index (χ4v) is 5.37. The maximum Gasteiger partial charge on any atom is 0.229 e. The molecule has 8 nitrogen and oxygen atoms in total. The molecule has 5 rings (SSSR count). The van der Waals surface area contributed by atoms with Crippen molar-refractivity contribution in [3.05, 3.63) is 23.5 Å². The second kappa shape index (κ2) is 9.35. The first-order chi connectivity index (χ1) is 15.6. The van der Waals surface area contributed by atoms with Crippen molar-refractivity contribution in [3.63, 3.8) is 0 Å². The van der Waals surface area contributed by atoms with E-state index in [2.05, 4.69) is 38.7 Å². The lowest BCUT2D eigenvalue weighted by Gasteiger charge is -2.42. The summed E-state index contributed by atoms with van der Waals surface area (Å²) in [5.74, 6) is 1.60. The summed E-state index contributed by atoms with van der Waals surface area (Å²) in [7, 11) is 2.18. The van der Waals surface area contributed by atoms with Crippen LogP contribution in [0.15, 0.2) is 12.3 Å². The van der Waals surface area contributed by atoms with E-state index in [1.54, 1.807) is 0 Å². The lowest BCUT2D eigenvalue weighted by atomic mass is 9.96. The normalized spacial score (nSPS) is 21.3. The van der Waals surface area contributed by atoms with Gasteiger partial charge in [0.25, 0.3) is 0 Å². The molecule has 3 aliphatic heterocycles. The molecule has 174 valence electrons. The maximum absolute atomic E-state index is 13.3. The lowest BCUT2D eigenvalue weighted by molar-refractivity contribution is -0.136. The van der Waals surface area contributed by atoms with Gasteiger partial charge in [0, 0.05) is 63.9 Å². The van der Waals surface area contributed by atoms with Gasteiger partial charge in [0.15, 0.2) is 5.65 Å². The Labute approximate surface area is 191 Å². The van der Waals surface area contributed by atoms with Gasteiger partial charge in [-0.1, -0.05) is 13.3 Å². The van der Waals surface area contributed by atoms with Crippen LogP contribution in [-0.2, 0) is 17.6 Å². The molecule has 32 heavy (non-hydrogen) atoms. The molecule has 8 heteroatoms. The SMILES string of the molecule is CCCCN1CCCN(C(=O)C2CN(c3c4c(nc5ccnn35)CCN(C)CC4)C2)CC1. The van der Waals surface area contributed by atoms with Crippen LogP contribution in [0.1, 0.15) is 37.4 Å². The highest BCUT2D eigenvalue weighted by atomic mass is 16.2. The van der Waals surface area contributed by atoms with Gasteiger partial charge in [0.05, 0.1) is 17.8 Å². The van der Waals surface area contributed by atoms with Crippen LogP contribution in [0.25, 0.3) is 5.65 Å². The molecule has 1 amide bonds. The zero-order valence-corrected chi connectivity index (χ0v) is 19.7. The molecular weight excluding hydrogens is 402 g/mol. The largest absolute Gasteiger partial charge is 0.354 e. The minimum atomic E-state index is 0.0973. The summed E-state index contributed by atoms with van der Waals surface area (Å²) in [6, 6.07) is 1.99. The number of aromatic nitrogens is 3. The molecule has 3 aliphatic rings. The number of rotatable bonds is 5. The number of anilines is 1. The summed E-state index contributed by atoms with van der Waals surface area (Å²) in [5, 5.41) is 4.58. The van der Waals surface area contributed by atoms with Crippen molar-refractivity contribution in [2.24, 2.45) is 5.92 Å². The minimum Gasteiger partial charge on any atom is -0.354 e. The van der Waals surface area contributed by atoms with Gasteiger partial charge in [-0.3, -0.25) is 4.79 Å². The van der Waals surface area contributed by atoms with Gasteiger partial charge in [0.2, 0.25) is 5.91 Å². The van der Waals surface area contributed by atoms with Crippen molar-refractivity contribution in [1.29, 1.82) is 0 Å². The quantitative estimate of drug-likeness (QED) is 0.704. The number of unbranched alkanes of at least 4 members (excludes halogenated alkanes) is 1. The maximum atomic E-state index is 13.3. The van der Waals surface area contributed by atoms with E-state index in [1.807, 2.05) is 16.8 Å². The molecule has 2 aromatic rings. The van der Waals surface area contributed by atoms with Crippen molar-refractivity contribution in [2.75, 3.05) is 70.9 Å². The fourth-order valence-electron chi connectivity index (χ4n) is 5.37. The van der Waals surface area contributed by atoms with Crippen molar-refractivity contribution in [3.8, 4) is 0 Å². The molecule has 0 bridgehead atoms. The van der Waals surface area contributed by atoms with Crippen LogP contribution < -0.4 is 4.90 Å². The highest BCUT2D eigenvalue weighted by Crippen LogP contribution is 2.32. The number of nitrogens with zero attached hydrogens (tertiary/aromatic N) is 7. The number of hydrogen-bond acceptors (Lipinski definition) is 6. The Hall–Kier alpha value is -2.19. The summed E-state index contributed by atoms with van der Waals surface area (Å²) in [6.07, 6.45) is 7.36. The van der Waals surface area contributed by atoms with E-state index >= 15 is 0 Å². The molecule has 5 heterocycles. The molecule has 2 fully saturated rings. The zero-order chi connectivity index (χ0) is 22.1. The Bertz CT molecular complexity index is 951. The zero-order valence-electron chi connectivity index (χ0n) is 19.7. The lowest BCUT2D eigenvalue weighted by Crippen LogP contribution is -2.56. The second-order valence-electron chi connectivity index (χ2n) is 9.74. The van der Waals surface area contributed by atoms with E-state index in [4.69, 9.17) is 4.98 Å². The van der Waals surface area contributed by atoms with E-state index in [-0.39, 0.29) is 5.92 Å². The summed E-state index contributed by atoms with van der Waals surface area (Å²) in [6.45, 7) is 11.0. The van der Waals surface area contributed by atoms with Crippen molar-refractivity contribution in [1.82, 2.24) is 29.3 Å². The standard InChI is InChI=1S/C24H37N7O/c1-3-4-10-28-11-5-12-29(16-15-28)24(32)19-17-30(18-19)23-20-7-13-27(2)14-8-21(20)26-22-6-9-25-31(22)23/h6,9,19H,3-5,7-8,10-18H2,1-2H3. The summed E-state index contributed by atoms with van der Waals surface area (Å²) in [5.41, 5.74) is 3.43. The number of likely N-dealkylation sites (N-methyl/N-ethyl adjacent to an activating group) is 1. The molecule has 0 saturated carbocycles. The second-order valence-corrected chi connectivity index (χ2v) is 9.74. The van der Waals surface area contributed by atoms with Crippen LogP contribution in [-0.4, -0.2) is 101 Å². The van der Waals surface area contributed by atoms with Crippen LogP contribution in [0.2, 0.25) is 0 Å². The first-order valence-corrected chi connectivity index (χ1v) is 12.4. The van der Waals surface area contributed by atoms with Crippen LogP contribution in [0, 0.1) is 5.92 Å². The van der Waals surface area contributed by atoms with Crippen molar-refractivity contribution >= 4 is 17.4 Å². The highest BCUT2D eigenvalue weighted by Gasteiger charge is 2.38. The number of hydrogen-bond donors (Lipinski definition) is 0. The Morgan fingerprint density at radius 2 is 1.94 bits per heavy atom. The molecular formula is C24H37N7O. The molecule has 0 unspecified atom stereocenters. The molecule has 0 aliphatic carbocycles. The van der Waals surface area contributed by atoms with Crippen LogP contribution in [0.3, 0.4) is 0 Å². The fraction of sp³-hybridized carbons (Fsp3) is 0.708. The number of carbonyl (C=O) groups excluding carboxylic acids is 1. The summed E-state index contributed by atoms with van der Waals surface area (Å²) in [4.78, 5) is 27.6. The average molecular weight is 440 g/mol. The van der Waals surface area contributed by atoms with Gasteiger partial charge < -0.3 is 19.6 Å². The minimum absolute atomic E-state index is 0.0973. The predicted molar refractivity (Wildman–Crippen MR) is 126 cm³/mol. The third kappa shape index (κ3) is 4.22. The Morgan fingerprint density at radius 3 is 2.78 bits per heavy atom. The van der Waals surface area contributed by atoms with Crippen LogP contribution in [0.4, 0.5) is 5.82 Å². The van der Waals surface area contributed by atoms with E-state index in [1.165, 1.54) is 24.1 Å². The monoisotopic (exact) mass is 439 g/mol. The number of carbonyl (C=O) groups is 1. The van der Waals surface area contributed by atoms with Crippen LogP contribution >= 0.6 is 0 Å². The molecule has 0 spiro atoms. The van der Waals surface area contributed by atoms with E-state index < -0.39 is 0 Å². The first-order valence-electron chi connectivity index (χ1n) is 12.4. The first kappa shape index (κ1) is 21.6. The number of amides is 1. The van der Waals surface area contributed by atoms with Gasteiger partial charge in [-0.25, -0.2) is 4.98 Å². The van der Waals surface area contributed by atoms with E-state index in [0.717, 1.165) is 89.6 Å². The van der Waals surface area contributed by atoms with Gasteiger partial charge in [-0.15, -0.1) is 0 Å². The van der Waals surface area contributed by atoms with Gasteiger partial charge >= 0.3 is 0 Å². The van der Waals surface area contributed by atoms with Gasteiger partial charge in [-0.2, -0.15) is 9.61 Å². The number of fused-ring (bicyclic) bond motifs is 2. The summed E-state index contributed by atoms with van der Waals surface area (Å²) < 4.78 is 1.99. The highest BCUT2D eigenvalue weighted by molar-refractivity contribution is 5.82. The third-order valence-electron chi connectivity index (χ3n) is 7.42. The van der Waals surface area contributed by atoms with Crippen LogP contribution in [0.5, 0.6) is 0 Å². The Kier molecular flexibility index (Phi) is 6.33. The van der Waals surface area contributed by atoms with E-state index in [9.17, 15) is 4.79 Å². The van der Waals surface area contributed by atoms with E-state index in [0.29, 0.717) is 5.91 Å². The van der Waals surface area contributed by atoms with Gasteiger partial charge in [-0.05, 0) is 39.4 Å². The topological polar surface area (TPSA) is 60.2 Å². The predicted octanol–water partition coefficient (Wildman–Crippen LogP) is 1.53. The van der Waals surface area contributed by atoms with Crippen molar-refractivity contribution < 1.29 is 4.79 Å². The molecule has 0 N–H and O–H groups in total. The average Bonchev–Trinajstić information content (AvgIpc) is 2.98. The molecule has 2 aromatic heterocycles.